The summed E-state index contributed by atoms with van der Waals surface area (Å²) < 4.78 is 67.4. The number of aliphatic hydroxyl groups excluding tert-OH is 2. The molecule has 0 aliphatic carbocycles. The largest absolute Gasteiger partial charge is 0.394 e. The van der Waals surface area contributed by atoms with E-state index in [1.165, 1.54) is 0 Å². The van der Waals surface area contributed by atoms with E-state index in [0.717, 1.165) is 28.1 Å². The third-order valence-corrected chi connectivity index (χ3v) is 8.37. The minimum Gasteiger partial charge on any atom is -0.394 e. The third kappa shape index (κ3) is 4.90. The van der Waals surface area contributed by atoms with Crippen LogP contribution in [-0.2, 0) is 23.1 Å². The van der Waals surface area contributed by atoms with E-state index >= 15 is 8.78 Å². The van der Waals surface area contributed by atoms with Crippen molar-refractivity contribution < 1.29 is 42.1 Å². The lowest BCUT2D eigenvalue weighted by atomic mass is 10.1. The number of nitrogens with one attached hydrogen (secondary N) is 2. The number of anilines is 1. The zero-order chi connectivity index (χ0) is 29.9. The molecule has 0 aromatic carbocycles. The third-order valence-electron chi connectivity index (χ3n) is 6.76. The number of imidazole rings is 2. The van der Waals surface area contributed by atoms with Crippen LogP contribution in [0.15, 0.2) is 28.6 Å². The Balaban J connectivity index is 1.19. The number of hydrogen-bond donors (Lipinski definition) is 6. The molecule has 42 heavy (non-hydrogen) atoms. The van der Waals surface area contributed by atoms with Crippen molar-refractivity contribution in [1.29, 1.82) is 0 Å². The van der Waals surface area contributed by atoms with Crippen LogP contribution in [0.2, 0.25) is 0 Å². The summed E-state index contributed by atoms with van der Waals surface area (Å²) in [7, 11) is 0. The van der Waals surface area contributed by atoms with Crippen molar-refractivity contribution in [3.8, 4) is 0 Å². The fourth-order valence-electron chi connectivity index (χ4n) is 4.77. The average Bonchev–Trinajstić information content (AvgIpc) is 3.69. The molecular weight excluding hydrogens is 611 g/mol. The predicted octanol–water partition coefficient (Wildman–Crippen LogP) is -0.901. The molecule has 226 valence electrons. The second kappa shape index (κ2) is 10.8. The number of ether oxygens (including phenoxy) is 2. The van der Waals surface area contributed by atoms with Gasteiger partial charge in [-0.3, -0.25) is 32.8 Å². The van der Waals surface area contributed by atoms with Crippen molar-refractivity contribution >= 4 is 47.3 Å². The van der Waals surface area contributed by atoms with Crippen LogP contribution in [0.3, 0.4) is 0 Å². The predicted molar refractivity (Wildman–Crippen MR) is 139 cm³/mol. The summed E-state index contributed by atoms with van der Waals surface area (Å²) in [4.78, 5) is 44.4. The highest BCUT2D eigenvalue weighted by atomic mass is 32.7. The number of nitrogens with two attached hydrogens (primary N) is 1. The summed E-state index contributed by atoms with van der Waals surface area (Å²) in [6.07, 6.45) is -10.1. The lowest BCUT2D eigenvalue weighted by Gasteiger charge is -2.25. The second-order valence-electron chi connectivity index (χ2n) is 9.36. The van der Waals surface area contributed by atoms with Crippen molar-refractivity contribution in [1.82, 2.24) is 39.0 Å². The fourth-order valence-corrected chi connectivity index (χ4v) is 6.22. The molecule has 22 heteroatoms. The molecule has 0 radical (unpaired) electrons. The van der Waals surface area contributed by atoms with Gasteiger partial charge in [0.25, 0.3) is 11.1 Å². The highest BCUT2D eigenvalue weighted by Gasteiger charge is 2.51. The van der Waals surface area contributed by atoms with E-state index in [0.29, 0.717) is 0 Å². The molecule has 0 spiro atoms. The zero-order valence-corrected chi connectivity index (χ0v) is 22.7. The number of rotatable bonds is 8. The molecule has 4 aromatic rings. The maximum Gasteiger partial charge on any atom is 0.386 e. The van der Waals surface area contributed by atoms with Crippen molar-refractivity contribution in [3.63, 3.8) is 0 Å². The van der Waals surface area contributed by atoms with Crippen LogP contribution in [-0.4, -0.2) is 99.2 Å². The van der Waals surface area contributed by atoms with Crippen LogP contribution in [0, 0.1) is 0 Å². The van der Waals surface area contributed by atoms with Gasteiger partial charge in [0.05, 0.1) is 32.2 Å². The number of nitrogens with zero attached hydrogens (tertiary/aromatic N) is 6. The monoisotopic (exact) mass is 633 g/mol. The highest BCUT2D eigenvalue weighted by molar-refractivity contribution is 8.44. The van der Waals surface area contributed by atoms with Gasteiger partial charge in [0.1, 0.15) is 24.4 Å². The molecule has 0 unspecified atom stereocenters. The van der Waals surface area contributed by atoms with Gasteiger partial charge in [-0.1, -0.05) is 12.2 Å². The van der Waals surface area contributed by atoms with E-state index in [1.54, 1.807) is 0 Å². The molecule has 6 heterocycles. The van der Waals surface area contributed by atoms with Gasteiger partial charge >= 0.3 is 6.80 Å². The first-order valence-corrected chi connectivity index (χ1v) is 14.8. The number of halogens is 2. The first kappa shape index (κ1) is 28.8. The van der Waals surface area contributed by atoms with Gasteiger partial charge < -0.3 is 30.4 Å². The fraction of sp³-hybridized carbons (Fsp3) is 0.500. The molecule has 2 aliphatic rings. The summed E-state index contributed by atoms with van der Waals surface area (Å²) in [6, 6.07) is 0. The molecule has 18 nitrogen and oxygen atoms in total. The van der Waals surface area contributed by atoms with Crippen molar-refractivity contribution in [2.24, 2.45) is 0 Å². The van der Waals surface area contributed by atoms with Crippen LogP contribution in [0.4, 0.5) is 14.7 Å². The highest BCUT2D eigenvalue weighted by Crippen LogP contribution is 2.57. The molecule has 2 saturated heterocycles. The first-order chi connectivity index (χ1) is 20.0. The average molecular weight is 633 g/mol. The van der Waals surface area contributed by atoms with Gasteiger partial charge in [0.2, 0.25) is 5.95 Å². The Morgan fingerprint density at radius 3 is 2.43 bits per heavy atom. The van der Waals surface area contributed by atoms with Crippen LogP contribution >= 0.6 is 19.0 Å². The minimum absolute atomic E-state index is 0.00617. The SMILES string of the molecule is Nc1nc2c(ncn2[C@@H]2O[C@H](CO)[C@@H](F)[C@H]2O[P@](=O)(S)OC[C@H]2O[C@@H](n3cnc4c(=O)[nH]cnc43)[C@@H](F)[C@@H]2O)c(=O)[nH]1. The molecule has 6 rings (SSSR count). The van der Waals surface area contributed by atoms with Gasteiger partial charge in [-0.25, -0.2) is 28.3 Å². The maximum absolute atomic E-state index is 15.3. The molecule has 2 aliphatic heterocycles. The van der Waals surface area contributed by atoms with Crippen molar-refractivity contribution in [2.75, 3.05) is 18.9 Å². The van der Waals surface area contributed by atoms with E-state index in [1.807, 2.05) is 0 Å². The van der Waals surface area contributed by atoms with Gasteiger partial charge in [0.15, 0.2) is 47.1 Å². The maximum atomic E-state index is 15.3. The Bertz CT molecular complexity index is 1800. The van der Waals surface area contributed by atoms with Crippen LogP contribution in [0.25, 0.3) is 22.3 Å². The Morgan fingerprint density at radius 1 is 1.05 bits per heavy atom. The Kier molecular flexibility index (Phi) is 7.38. The standard InChI is InChI=1S/C20H22F2N9O9PS/c21-8-6(1-32)38-19(31-5-27-11-15(31)28-20(23)29-17(11)35)13(8)40-41(36,42)37-2-7-12(33)9(22)18(39-7)30-4-26-10-14(30)24-3-25-16(10)34/h3-9,12-13,18-19,32-33H,1-2H2,(H,36,42)(H,24,25,34)(H3,23,28,29,35)/t6-,7-,8-,9+,12-,13-,18-,19-,41-/m1/s1. The van der Waals surface area contributed by atoms with E-state index < -0.39 is 80.3 Å². The summed E-state index contributed by atoms with van der Waals surface area (Å²) in [5, 5.41) is 20.0. The van der Waals surface area contributed by atoms with Gasteiger partial charge in [0, 0.05) is 0 Å². The molecule has 0 saturated carbocycles. The quantitative estimate of drug-likeness (QED) is 0.102. The number of thiol groups is 1. The number of nitrogen functional groups attached to an aromatic ring is 1. The topological polar surface area (TPSA) is 248 Å². The van der Waals surface area contributed by atoms with Gasteiger partial charge in [-0.05, 0) is 0 Å². The summed E-state index contributed by atoms with van der Waals surface area (Å²) in [5.74, 6) is -0.269. The number of aromatic amines is 2. The minimum atomic E-state index is -4.50. The van der Waals surface area contributed by atoms with E-state index in [-0.39, 0.29) is 28.3 Å². The first-order valence-electron chi connectivity index (χ1n) is 12.2. The normalized spacial score (nSPS) is 31.3. The van der Waals surface area contributed by atoms with Gasteiger partial charge in [-0.2, -0.15) is 4.98 Å². The van der Waals surface area contributed by atoms with Crippen LogP contribution < -0.4 is 16.9 Å². The Labute approximate surface area is 236 Å². The molecule has 9 atom stereocenters. The number of H-pyrrole nitrogens is 2. The second-order valence-corrected chi connectivity index (χ2v) is 12.2. The summed E-state index contributed by atoms with van der Waals surface area (Å²) in [5.41, 5.74) is 4.00. The molecule has 6 N–H and O–H groups in total. The van der Waals surface area contributed by atoms with E-state index in [4.69, 9.17) is 24.3 Å². The molecule has 4 aromatic heterocycles. The number of aliphatic hydroxyl groups is 2. The molecule has 0 bridgehead atoms. The van der Waals surface area contributed by atoms with Crippen molar-refractivity contribution in [3.05, 3.63) is 39.7 Å². The lowest BCUT2D eigenvalue weighted by Crippen LogP contribution is -2.33. The molecular formula is C20H22F2N9O9PS. The lowest BCUT2D eigenvalue weighted by molar-refractivity contribution is -0.0530. The van der Waals surface area contributed by atoms with E-state index in [9.17, 15) is 24.4 Å². The summed E-state index contributed by atoms with van der Waals surface area (Å²) in [6.45, 7) is -6.01. The van der Waals surface area contributed by atoms with Crippen LogP contribution in [0.1, 0.15) is 12.5 Å². The number of hydrogen-bond acceptors (Lipinski definition) is 14. The number of alkyl halides is 2. The Hall–Kier alpha value is -3.30. The molecule has 2 fully saturated rings. The smallest absolute Gasteiger partial charge is 0.386 e. The van der Waals surface area contributed by atoms with E-state index in [2.05, 4.69) is 42.2 Å². The summed E-state index contributed by atoms with van der Waals surface area (Å²) >= 11 is 3.89. The van der Waals surface area contributed by atoms with Crippen molar-refractivity contribution in [2.45, 2.75) is 49.2 Å². The Morgan fingerprint density at radius 2 is 1.71 bits per heavy atom. The number of fused-ring (bicyclic) bond motifs is 2. The van der Waals surface area contributed by atoms with Crippen LogP contribution in [0.5, 0.6) is 0 Å². The zero-order valence-electron chi connectivity index (χ0n) is 20.9. The van der Waals surface area contributed by atoms with Gasteiger partial charge in [-0.15, -0.1) is 0 Å². The number of aromatic nitrogens is 8. The molecule has 0 amide bonds.